The van der Waals surface area contributed by atoms with Crippen LogP contribution in [-0.2, 0) is 4.79 Å². The Morgan fingerprint density at radius 1 is 0.974 bits per heavy atom. The molecule has 1 fully saturated rings. The Balaban J connectivity index is 1.69. The number of carbonyl (C=O) groups excluding carboxylic acids is 1. The van der Waals surface area contributed by atoms with E-state index in [2.05, 4.69) is 9.97 Å². The number of amides is 1. The average Bonchev–Trinajstić information content (AvgIpc) is 3.24. The van der Waals surface area contributed by atoms with Gasteiger partial charge in [-0.2, -0.15) is 0 Å². The van der Waals surface area contributed by atoms with Crippen LogP contribution >= 0.6 is 0 Å². The number of benzene rings is 2. The maximum absolute atomic E-state index is 15.1. The Hall–Kier alpha value is -3.92. The summed E-state index contributed by atoms with van der Waals surface area (Å²) >= 11 is 0. The van der Waals surface area contributed by atoms with Crippen LogP contribution in [0, 0.1) is 17.5 Å². The van der Waals surface area contributed by atoms with E-state index in [1.54, 1.807) is 29.3 Å². The molecule has 1 aliphatic heterocycles. The van der Waals surface area contributed by atoms with Gasteiger partial charge in [0.1, 0.15) is 35.2 Å². The zero-order valence-electron chi connectivity index (χ0n) is 21.5. The van der Waals surface area contributed by atoms with E-state index in [4.69, 9.17) is 0 Å². The number of aromatic nitrogens is 3. The van der Waals surface area contributed by atoms with Crippen LogP contribution < -0.4 is 4.90 Å². The highest BCUT2D eigenvalue weighted by atomic mass is 19.1. The number of carbonyl (C=O) groups is 1. The Morgan fingerprint density at radius 3 is 2.32 bits per heavy atom. The highest BCUT2D eigenvalue weighted by Crippen LogP contribution is 2.39. The van der Waals surface area contributed by atoms with Crippen LogP contribution in [0.3, 0.4) is 0 Å². The van der Waals surface area contributed by atoms with Gasteiger partial charge in [-0.25, -0.2) is 23.1 Å². The van der Waals surface area contributed by atoms with E-state index in [0.717, 1.165) is 6.07 Å². The third kappa shape index (κ3) is 4.49. The SMILES string of the molecule is C[C@@H]1CN(c2ncnc3c2c(-c2ccccc2F)cn3-c2cc(F)cc(F)c2)[C@@H](C)CN1C(=O)C(C)(C)O. The lowest BCUT2D eigenvalue weighted by atomic mass is 10.0. The first-order valence-corrected chi connectivity index (χ1v) is 12.3. The van der Waals surface area contributed by atoms with Gasteiger partial charge in [-0.15, -0.1) is 0 Å². The Bertz CT molecular complexity index is 1510. The molecule has 5 rings (SSSR count). The van der Waals surface area contributed by atoms with Crippen molar-refractivity contribution in [1.82, 2.24) is 19.4 Å². The highest BCUT2D eigenvalue weighted by molar-refractivity contribution is 6.02. The summed E-state index contributed by atoms with van der Waals surface area (Å²) < 4.78 is 44.9. The summed E-state index contributed by atoms with van der Waals surface area (Å²) in [5.41, 5.74) is -0.197. The predicted molar refractivity (Wildman–Crippen MR) is 138 cm³/mol. The van der Waals surface area contributed by atoms with Gasteiger partial charge in [0.25, 0.3) is 5.91 Å². The second-order valence-electron chi connectivity index (χ2n) is 10.3. The lowest BCUT2D eigenvalue weighted by molar-refractivity contribution is -0.151. The highest BCUT2D eigenvalue weighted by Gasteiger charge is 2.39. The zero-order valence-corrected chi connectivity index (χ0v) is 21.5. The molecule has 0 radical (unpaired) electrons. The van der Waals surface area contributed by atoms with Gasteiger partial charge in [0.05, 0.1) is 11.1 Å². The van der Waals surface area contributed by atoms with Crippen LogP contribution in [0.5, 0.6) is 0 Å². The monoisotopic (exact) mass is 523 g/mol. The van der Waals surface area contributed by atoms with Crippen molar-refractivity contribution in [1.29, 1.82) is 0 Å². The van der Waals surface area contributed by atoms with Gasteiger partial charge in [-0.3, -0.25) is 4.79 Å². The van der Waals surface area contributed by atoms with Crippen molar-refractivity contribution in [2.24, 2.45) is 0 Å². The quantitative estimate of drug-likeness (QED) is 0.420. The van der Waals surface area contributed by atoms with Gasteiger partial charge in [0, 0.05) is 48.6 Å². The third-order valence-corrected chi connectivity index (χ3v) is 6.89. The van der Waals surface area contributed by atoms with Crippen molar-refractivity contribution in [3.63, 3.8) is 0 Å². The second-order valence-corrected chi connectivity index (χ2v) is 10.3. The predicted octanol–water partition coefficient (Wildman–Crippen LogP) is 4.70. The van der Waals surface area contributed by atoms with Crippen LogP contribution in [0.25, 0.3) is 27.8 Å². The molecular weight excluding hydrogens is 495 g/mol. The fourth-order valence-corrected chi connectivity index (χ4v) is 5.08. The number of nitrogens with zero attached hydrogens (tertiary/aromatic N) is 5. The molecule has 7 nitrogen and oxygen atoms in total. The number of rotatable bonds is 4. The number of aliphatic hydroxyl groups is 1. The summed E-state index contributed by atoms with van der Waals surface area (Å²) in [7, 11) is 0. The van der Waals surface area contributed by atoms with Crippen LogP contribution in [-0.4, -0.2) is 61.2 Å². The smallest absolute Gasteiger partial charge is 0.254 e. The summed E-state index contributed by atoms with van der Waals surface area (Å²) in [6.45, 7) is 7.48. The van der Waals surface area contributed by atoms with Crippen molar-refractivity contribution < 1.29 is 23.1 Å². The molecule has 10 heteroatoms. The molecule has 2 aromatic heterocycles. The van der Waals surface area contributed by atoms with Gasteiger partial charge >= 0.3 is 0 Å². The summed E-state index contributed by atoms with van der Waals surface area (Å²) in [6, 6.07) is 8.94. The van der Waals surface area contributed by atoms with Crippen molar-refractivity contribution in [2.45, 2.75) is 45.4 Å². The summed E-state index contributed by atoms with van der Waals surface area (Å²) in [5.74, 6) is -1.82. The summed E-state index contributed by atoms with van der Waals surface area (Å²) in [4.78, 5) is 25.5. The minimum Gasteiger partial charge on any atom is -0.381 e. The number of piperazine rings is 1. The van der Waals surface area contributed by atoms with Crippen molar-refractivity contribution in [3.8, 4) is 16.8 Å². The van der Waals surface area contributed by atoms with Crippen LogP contribution in [0.1, 0.15) is 27.7 Å². The maximum atomic E-state index is 15.1. The standard InChI is InChI=1S/C28H28F3N5O2/c1-16-13-35(27(37)28(3,4)38)17(2)12-34(16)25-24-22(21-7-5-6-8-23(21)31)14-36(26(24)33-15-32-25)20-10-18(29)9-19(30)11-20/h5-11,14-17,38H,12-13H2,1-4H3/t16-,17+/m0/s1. The molecule has 198 valence electrons. The zero-order chi connectivity index (χ0) is 27.4. The Morgan fingerprint density at radius 2 is 1.66 bits per heavy atom. The molecular formula is C28H28F3N5O2. The number of anilines is 1. The van der Waals surface area contributed by atoms with Crippen LogP contribution in [0.15, 0.2) is 55.0 Å². The van der Waals surface area contributed by atoms with Crippen molar-refractivity contribution in [2.75, 3.05) is 18.0 Å². The second kappa shape index (κ2) is 9.43. The Labute approximate surface area is 218 Å². The molecule has 1 saturated heterocycles. The lowest BCUT2D eigenvalue weighted by Gasteiger charge is -2.46. The number of fused-ring (bicyclic) bond motifs is 1. The summed E-state index contributed by atoms with van der Waals surface area (Å²) in [6.07, 6.45) is 2.97. The molecule has 0 unspecified atom stereocenters. The largest absolute Gasteiger partial charge is 0.381 e. The number of halogens is 3. The third-order valence-electron chi connectivity index (χ3n) is 6.89. The molecule has 3 heterocycles. The van der Waals surface area contributed by atoms with E-state index in [-0.39, 0.29) is 23.7 Å². The molecule has 0 aliphatic carbocycles. The van der Waals surface area contributed by atoms with Crippen LogP contribution in [0.4, 0.5) is 19.0 Å². The number of hydrogen-bond acceptors (Lipinski definition) is 5. The van der Waals surface area contributed by atoms with E-state index in [1.165, 1.54) is 42.9 Å². The molecule has 1 N–H and O–H groups in total. The Kier molecular flexibility index (Phi) is 6.38. The molecule has 2 atom stereocenters. The fraction of sp³-hybridized carbons (Fsp3) is 0.321. The van der Waals surface area contributed by atoms with E-state index >= 15 is 4.39 Å². The molecule has 4 aromatic rings. The normalized spacial score (nSPS) is 18.3. The average molecular weight is 524 g/mol. The van der Waals surface area contributed by atoms with E-state index in [1.807, 2.05) is 18.7 Å². The fourth-order valence-electron chi connectivity index (χ4n) is 5.08. The summed E-state index contributed by atoms with van der Waals surface area (Å²) in [5, 5.41) is 10.8. The molecule has 1 amide bonds. The first kappa shape index (κ1) is 25.7. The van der Waals surface area contributed by atoms with Gasteiger partial charge < -0.3 is 19.5 Å². The molecule has 0 bridgehead atoms. The molecule has 1 aliphatic rings. The van der Waals surface area contributed by atoms with Crippen molar-refractivity contribution >= 4 is 22.8 Å². The van der Waals surface area contributed by atoms with Gasteiger partial charge in [-0.05, 0) is 45.9 Å². The van der Waals surface area contributed by atoms with Crippen molar-refractivity contribution in [3.05, 3.63) is 72.4 Å². The van der Waals surface area contributed by atoms with Crippen LogP contribution in [0.2, 0.25) is 0 Å². The molecule has 0 spiro atoms. The molecule has 2 aromatic carbocycles. The van der Waals surface area contributed by atoms with E-state index in [9.17, 15) is 18.7 Å². The number of hydrogen-bond donors (Lipinski definition) is 1. The molecule has 38 heavy (non-hydrogen) atoms. The maximum Gasteiger partial charge on any atom is 0.254 e. The lowest BCUT2D eigenvalue weighted by Crippen LogP contribution is -2.61. The van der Waals surface area contributed by atoms with E-state index < -0.39 is 23.1 Å². The van der Waals surface area contributed by atoms with Gasteiger partial charge in [-0.1, -0.05) is 18.2 Å². The van der Waals surface area contributed by atoms with E-state index in [0.29, 0.717) is 41.1 Å². The van der Waals surface area contributed by atoms with Gasteiger partial charge in [0.15, 0.2) is 5.65 Å². The minimum atomic E-state index is -1.51. The van der Waals surface area contributed by atoms with Gasteiger partial charge in [0.2, 0.25) is 0 Å². The first-order chi connectivity index (χ1) is 18.0. The minimum absolute atomic E-state index is 0.196. The molecule has 0 saturated carbocycles. The first-order valence-electron chi connectivity index (χ1n) is 12.3. The topological polar surface area (TPSA) is 74.5 Å².